The van der Waals surface area contributed by atoms with Crippen molar-refractivity contribution in [3.8, 4) is 5.06 Å². The molecule has 8 heteroatoms. The van der Waals surface area contributed by atoms with E-state index in [1.54, 1.807) is 6.92 Å². The van der Waals surface area contributed by atoms with E-state index in [2.05, 4.69) is 15.0 Å². The van der Waals surface area contributed by atoms with Gasteiger partial charge in [-0.05, 0) is 17.6 Å². The molecule has 0 saturated carbocycles. The zero-order valence-corrected chi connectivity index (χ0v) is 8.95. The smallest absolute Gasteiger partial charge is 0.367 e. The molecule has 0 atom stereocenters. The summed E-state index contributed by atoms with van der Waals surface area (Å²) < 4.78 is 9.63. The largest absolute Gasteiger partial charge is 0.486 e. The molecule has 0 N–H and O–H groups in total. The Labute approximate surface area is 89.3 Å². The molecule has 1 aromatic rings. The summed E-state index contributed by atoms with van der Waals surface area (Å²) in [5.74, 6) is -0.506. The van der Waals surface area contributed by atoms with Crippen LogP contribution in [0.3, 0.4) is 0 Å². The highest BCUT2D eigenvalue weighted by Gasteiger charge is 2.17. The van der Waals surface area contributed by atoms with Gasteiger partial charge in [0.1, 0.15) is 0 Å². The zero-order valence-electron chi connectivity index (χ0n) is 8.13. The van der Waals surface area contributed by atoms with Crippen molar-refractivity contribution in [3.63, 3.8) is 0 Å². The Morgan fingerprint density at radius 2 is 2.47 bits per heavy atom. The molecule has 0 aliphatic rings. The number of hydrogen-bond acceptors (Lipinski definition) is 6. The predicted molar refractivity (Wildman–Crippen MR) is 53.4 cm³/mol. The van der Waals surface area contributed by atoms with E-state index in [0.29, 0.717) is 0 Å². The molecule has 0 saturated heterocycles. The summed E-state index contributed by atoms with van der Waals surface area (Å²) in [4.78, 5) is 17.6. The first-order valence-electron chi connectivity index (χ1n) is 4.00. The quantitative estimate of drug-likeness (QED) is 0.341. The Morgan fingerprint density at radius 1 is 1.73 bits per heavy atom. The molecule has 15 heavy (non-hydrogen) atoms. The average Bonchev–Trinajstić information content (AvgIpc) is 2.62. The van der Waals surface area contributed by atoms with Crippen LogP contribution in [0.25, 0.3) is 10.4 Å². The fraction of sp³-hybridized carbons (Fsp3) is 0.429. The minimum absolute atomic E-state index is 0.0491. The topological polar surface area (TPSA) is 97.2 Å². The minimum Gasteiger partial charge on any atom is -0.486 e. The van der Waals surface area contributed by atoms with Gasteiger partial charge >= 0.3 is 5.97 Å². The standard InChI is InChI=1S/C7H8N4O3S/c1-3-14-6(12)5-9-4(10-11-8)7(13-2)15-5/h3H2,1-2H3. The molecular formula is C7H8N4O3S. The number of azide groups is 1. The fourth-order valence-corrected chi connectivity index (χ4v) is 1.53. The lowest BCUT2D eigenvalue weighted by molar-refractivity contribution is 0.0526. The number of esters is 1. The third-order valence-corrected chi connectivity index (χ3v) is 2.34. The van der Waals surface area contributed by atoms with Crippen LogP contribution in [0.15, 0.2) is 5.11 Å². The van der Waals surface area contributed by atoms with Gasteiger partial charge in [0.05, 0.1) is 13.7 Å². The summed E-state index contributed by atoms with van der Waals surface area (Å²) in [6.07, 6.45) is 0. The summed E-state index contributed by atoms with van der Waals surface area (Å²) in [7, 11) is 1.40. The van der Waals surface area contributed by atoms with Crippen LogP contribution in [0.4, 0.5) is 5.82 Å². The van der Waals surface area contributed by atoms with Gasteiger partial charge in [-0.15, -0.1) is 0 Å². The first kappa shape index (κ1) is 11.3. The van der Waals surface area contributed by atoms with E-state index < -0.39 is 5.97 Å². The summed E-state index contributed by atoms with van der Waals surface area (Å²) in [5, 5.41) is 3.68. The minimum atomic E-state index is -0.555. The van der Waals surface area contributed by atoms with E-state index in [9.17, 15) is 4.79 Å². The van der Waals surface area contributed by atoms with Crippen LogP contribution < -0.4 is 4.74 Å². The van der Waals surface area contributed by atoms with E-state index in [1.807, 2.05) is 0 Å². The predicted octanol–water partition coefficient (Wildman–Crippen LogP) is 2.27. The van der Waals surface area contributed by atoms with Gasteiger partial charge in [-0.3, -0.25) is 0 Å². The SMILES string of the molecule is CCOC(=O)c1nc(N=[N+]=[N-])c(OC)s1. The molecule has 0 aliphatic carbocycles. The average molecular weight is 228 g/mol. The number of nitrogens with zero attached hydrogens (tertiary/aromatic N) is 4. The van der Waals surface area contributed by atoms with E-state index >= 15 is 0 Å². The Kier molecular flexibility index (Phi) is 3.90. The number of hydrogen-bond donors (Lipinski definition) is 0. The third kappa shape index (κ3) is 2.58. The molecule has 1 rings (SSSR count). The van der Waals surface area contributed by atoms with Gasteiger partial charge in [0.15, 0.2) is 5.82 Å². The van der Waals surface area contributed by atoms with Crippen molar-refractivity contribution in [1.82, 2.24) is 4.98 Å². The molecule has 0 radical (unpaired) electrons. The molecule has 0 bridgehead atoms. The summed E-state index contributed by atoms with van der Waals surface area (Å²) in [6.45, 7) is 1.95. The molecule has 1 heterocycles. The first-order chi connectivity index (χ1) is 7.22. The number of rotatable bonds is 4. The lowest BCUT2D eigenvalue weighted by Gasteiger charge is -1.94. The molecule has 0 amide bonds. The Hall–Kier alpha value is -1.79. The van der Waals surface area contributed by atoms with Crippen LogP contribution in [0.1, 0.15) is 16.7 Å². The van der Waals surface area contributed by atoms with Crippen LogP contribution >= 0.6 is 11.3 Å². The maximum atomic E-state index is 11.3. The molecule has 7 nitrogen and oxygen atoms in total. The Bertz CT molecular complexity index is 410. The van der Waals surface area contributed by atoms with Crippen LogP contribution in [0.2, 0.25) is 0 Å². The molecule has 0 aromatic carbocycles. The zero-order chi connectivity index (χ0) is 11.3. The fourth-order valence-electron chi connectivity index (χ4n) is 0.817. The van der Waals surface area contributed by atoms with Crippen LogP contribution in [-0.4, -0.2) is 24.7 Å². The van der Waals surface area contributed by atoms with Gasteiger partial charge in [0.25, 0.3) is 0 Å². The second-order valence-corrected chi connectivity index (χ2v) is 3.21. The molecule has 0 fully saturated rings. The van der Waals surface area contributed by atoms with Crippen LogP contribution in [0, 0.1) is 0 Å². The number of carbonyl (C=O) groups excluding carboxylic acids is 1. The summed E-state index contributed by atoms with van der Waals surface area (Å²) >= 11 is 0.975. The van der Waals surface area contributed by atoms with E-state index in [4.69, 9.17) is 15.0 Å². The van der Waals surface area contributed by atoms with Crippen molar-refractivity contribution in [1.29, 1.82) is 0 Å². The van der Waals surface area contributed by atoms with E-state index in [1.165, 1.54) is 7.11 Å². The highest BCUT2D eigenvalue weighted by atomic mass is 32.1. The Morgan fingerprint density at radius 3 is 3.00 bits per heavy atom. The lowest BCUT2D eigenvalue weighted by Crippen LogP contribution is -2.03. The Balaban J connectivity index is 3.01. The number of ether oxygens (including phenoxy) is 2. The van der Waals surface area contributed by atoms with Gasteiger partial charge in [-0.25, -0.2) is 9.78 Å². The third-order valence-electron chi connectivity index (χ3n) is 1.35. The second-order valence-electron chi connectivity index (χ2n) is 2.24. The number of methoxy groups -OCH3 is 1. The molecule has 0 spiro atoms. The van der Waals surface area contributed by atoms with Gasteiger partial charge in [-0.2, -0.15) is 0 Å². The number of thiazole rings is 1. The number of carbonyl (C=O) groups is 1. The van der Waals surface area contributed by atoms with Crippen LogP contribution in [-0.2, 0) is 4.74 Å². The normalized spacial score (nSPS) is 9.20. The highest BCUT2D eigenvalue weighted by Crippen LogP contribution is 2.34. The monoisotopic (exact) mass is 228 g/mol. The number of aromatic nitrogens is 1. The van der Waals surface area contributed by atoms with Gasteiger partial charge in [-0.1, -0.05) is 11.3 Å². The molecule has 80 valence electrons. The van der Waals surface area contributed by atoms with E-state index in [0.717, 1.165) is 11.3 Å². The van der Waals surface area contributed by atoms with Crippen molar-refractivity contribution < 1.29 is 14.3 Å². The van der Waals surface area contributed by atoms with Gasteiger partial charge < -0.3 is 9.47 Å². The molecule has 0 unspecified atom stereocenters. The maximum Gasteiger partial charge on any atom is 0.367 e. The van der Waals surface area contributed by atoms with Gasteiger partial charge in [0, 0.05) is 4.91 Å². The first-order valence-corrected chi connectivity index (χ1v) is 4.81. The lowest BCUT2D eigenvalue weighted by atomic mass is 10.7. The molecule has 1 aromatic heterocycles. The van der Waals surface area contributed by atoms with Crippen molar-refractivity contribution in [2.45, 2.75) is 6.92 Å². The summed E-state index contributed by atoms with van der Waals surface area (Å²) in [5.41, 5.74) is 8.24. The van der Waals surface area contributed by atoms with Crippen molar-refractivity contribution in [3.05, 3.63) is 15.5 Å². The van der Waals surface area contributed by atoms with E-state index in [-0.39, 0.29) is 22.5 Å². The van der Waals surface area contributed by atoms with Gasteiger partial charge in [0.2, 0.25) is 10.1 Å². The van der Waals surface area contributed by atoms with Crippen molar-refractivity contribution in [2.24, 2.45) is 5.11 Å². The molecule has 0 aliphatic heterocycles. The highest BCUT2D eigenvalue weighted by molar-refractivity contribution is 7.15. The summed E-state index contributed by atoms with van der Waals surface area (Å²) in [6, 6.07) is 0. The second kappa shape index (κ2) is 5.18. The van der Waals surface area contributed by atoms with Crippen molar-refractivity contribution in [2.75, 3.05) is 13.7 Å². The molecular weight excluding hydrogens is 220 g/mol. The van der Waals surface area contributed by atoms with Crippen molar-refractivity contribution >= 4 is 23.1 Å². The maximum absolute atomic E-state index is 11.3. The van der Waals surface area contributed by atoms with Crippen LogP contribution in [0.5, 0.6) is 5.06 Å².